The van der Waals surface area contributed by atoms with E-state index in [0.717, 1.165) is 0 Å². The number of carbonyl (C=O) groups excluding carboxylic acids is 2. The molecule has 0 aliphatic heterocycles. The molecule has 0 radical (unpaired) electrons. The van der Waals surface area contributed by atoms with Crippen LogP contribution >= 0.6 is 0 Å². The van der Waals surface area contributed by atoms with Crippen LogP contribution in [-0.2, 0) is 16.6 Å². The summed E-state index contributed by atoms with van der Waals surface area (Å²) in [6.07, 6.45) is 0. The van der Waals surface area contributed by atoms with E-state index in [1.165, 1.54) is 24.7 Å². The van der Waals surface area contributed by atoms with Gasteiger partial charge in [0.25, 0.3) is 11.5 Å². The van der Waals surface area contributed by atoms with Crippen molar-refractivity contribution in [2.24, 2.45) is 7.05 Å². The standard InChI is InChI=1S/C15H16N2O4/c1-9(15(20)21-3)16-14(19)11-8-13(18)17(2)12-7-5-4-6-10(11)12/h4-9H,1-3H3,(H,16,19). The van der Waals surface area contributed by atoms with Crippen LogP contribution in [-0.4, -0.2) is 29.6 Å². The highest BCUT2D eigenvalue weighted by atomic mass is 16.5. The number of ether oxygens (including phenoxy) is 1. The van der Waals surface area contributed by atoms with Crippen LogP contribution in [0.25, 0.3) is 10.9 Å². The molecule has 2 rings (SSSR count). The minimum atomic E-state index is -0.787. The number of aromatic nitrogens is 1. The van der Waals surface area contributed by atoms with Crippen LogP contribution in [0.4, 0.5) is 0 Å². The average molecular weight is 288 g/mol. The largest absolute Gasteiger partial charge is 0.467 e. The fraction of sp³-hybridized carbons (Fsp3) is 0.267. The highest BCUT2D eigenvalue weighted by Gasteiger charge is 2.19. The van der Waals surface area contributed by atoms with Gasteiger partial charge in [-0.05, 0) is 13.0 Å². The number of hydrogen-bond donors (Lipinski definition) is 1. The fourth-order valence-corrected chi connectivity index (χ4v) is 2.11. The lowest BCUT2D eigenvalue weighted by Gasteiger charge is -2.13. The number of benzene rings is 1. The van der Waals surface area contributed by atoms with Crippen LogP contribution in [0.15, 0.2) is 35.1 Å². The highest BCUT2D eigenvalue weighted by Crippen LogP contribution is 2.16. The first kappa shape index (κ1) is 14.8. The Labute approximate surface area is 121 Å². The molecule has 1 heterocycles. The van der Waals surface area contributed by atoms with E-state index in [1.807, 2.05) is 0 Å². The molecule has 0 aliphatic carbocycles. The Bertz CT molecular complexity index is 764. The number of amides is 1. The number of pyridine rings is 1. The van der Waals surface area contributed by atoms with Gasteiger partial charge in [0.1, 0.15) is 6.04 Å². The smallest absolute Gasteiger partial charge is 0.328 e. The Morgan fingerprint density at radius 1 is 1.29 bits per heavy atom. The summed E-state index contributed by atoms with van der Waals surface area (Å²) in [5.74, 6) is -1.03. The van der Waals surface area contributed by atoms with Crippen LogP contribution < -0.4 is 10.9 Å². The maximum absolute atomic E-state index is 12.3. The van der Waals surface area contributed by atoms with Crippen LogP contribution in [0.5, 0.6) is 0 Å². The summed E-state index contributed by atoms with van der Waals surface area (Å²) >= 11 is 0. The molecule has 2 aromatic rings. The molecule has 110 valence electrons. The van der Waals surface area contributed by atoms with Crippen molar-refractivity contribution in [3.05, 3.63) is 46.2 Å². The van der Waals surface area contributed by atoms with Crippen molar-refractivity contribution in [1.82, 2.24) is 9.88 Å². The summed E-state index contributed by atoms with van der Waals surface area (Å²) in [4.78, 5) is 35.6. The second-order valence-corrected chi connectivity index (χ2v) is 4.69. The predicted octanol–water partition coefficient (Wildman–Crippen LogP) is 0.830. The van der Waals surface area contributed by atoms with Crippen LogP contribution in [0.3, 0.4) is 0 Å². The predicted molar refractivity (Wildman–Crippen MR) is 78.1 cm³/mol. The van der Waals surface area contributed by atoms with E-state index in [2.05, 4.69) is 10.1 Å². The molecule has 1 amide bonds. The molecule has 1 N–H and O–H groups in total. The quantitative estimate of drug-likeness (QED) is 0.849. The van der Waals surface area contributed by atoms with Crippen molar-refractivity contribution >= 4 is 22.8 Å². The van der Waals surface area contributed by atoms with Gasteiger partial charge in [0, 0.05) is 18.5 Å². The van der Waals surface area contributed by atoms with E-state index in [1.54, 1.807) is 31.3 Å². The fourth-order valence-electron chi connectivity index (χ4n) is 2.11. The van der Waals surface area contributed by atoms with Crippen molar-refractivity contribution in [3.63, 3.8) is 0 Å². The Hall–Kier alpha value is -2.63. The van der Waals surface area contributed by atoms with Crippen molar-refractivity contribution in [3.8, 4) is 0 Å². The number of carbonyl (C=O) groups is 2. The van der Waals surface area contributed by atoms with Gasteiger partial charge in [-0.1, -0.05) is 18.2 Å². The molecule has 6 heteroatoms. The number of aryl methyl sites for hydroxylation is 1. The normalized spacial score (nSPS) is 12.0. The van der Waals surface area contributed by atoms with Gasteiger partial charge in [0.2, 0.25) is 0 Å². The number of para-hydroxylation sites is 1. The van der Waals surface area contributed by atoms with Gasteiger partial charge in [0.15, 0.2) is 0 Å². The van der Waals surface area contributed by atoms with Crippen molar-refractivity contribution in [2.75, 3.05) is 7.11 Å². The van der Waals surface area contributed by atoms with Gasteiger partial charge in [-0.3, -0.25) is 9.59 Å². The first-order valence-corrected chi connectivity index (χ1v) is 6.43. The molecule has 0 spiro atoms. The second-order valence-electron chi connectivity index (χ2n) is 4.69. The number of methoxy groups -OCH3 is 1. The van der Waals surface area contributed by atoms with Crippen molar-refractivity contribution < 1.29 is 14.3 Å². The van der Waals surface area contributed by atoms with E-state index in [0.29, 0.717) is 10.9 Å². The van der Waals surface area contributed by atoms with Gasteiger partial charge in [0.05, 0.1) is 18.2 Å². The van der Waals surface area contributed by atoms with Crippen molar-refractivity contribution in [1.29, 1.82) is 0 Å². The summed E-state index contributed by atoms with van der Waals surface area (Å²) in [5, 5.41) is 3.17. The molecule has 0 saturated heterocycles. The number of rotatable bonds is 3. The summed E-state index contributed by atoms with van der Waals surface area (Å²) in [7, 11) is 2.89. The zero-order valence-corrected chi connectivity index (χ0v) is 12.0. The first-order chi connectivity index (χ1) is 9.95. The minimum absolute atomic E-state index is 0.240. The lowest BCUT2D eigenvalue weighted by Crippen LogP contribution is -2.39. The molecule has 1 atom stereocenters. The number of esters is 1. The molecule has 0 aliphatic rings. The lowest BCUT2D eigenvalue weighted by atomic mass is 10.1. The third kappa shape index (κ3) is 2.79. The summed E-state index contributed by atoms with van der Waals surface area (Å²) in [6.45, 7) is 1.52. The summed E-state index contributed by atoms with van der Waals surface area (Å²) in [5.41, 5.74) is 0.606. The van der Waals surface area contributed by atoms with E-state index >= 15 is 0 Å². The lowest BCUT2D eigenvalue weighted by molar-refractivity contribution is -0.142. The van der Waals surface area contributed by atoms with E-state index < -0.39 is 17.9 Å². The topological polar surface area (TPSA) is 77.4 Å². The number of nitrogens with zero attached hydrogens (tertiary/aromatic N) is 1. The van der Waals surface area contributed by atoms with Gasteiger partial charge >= 0.3 is 5.97 Å². The molecule has 1 aromatic carbocycles. The Morgan fingerprint density at radius 3 is 2.62 bits per heavy atom. The third-order valence-electron chi connectivity index (χ3n) is 3.30. The zero-order chi connectivity index (χ0) is 15.6. The molecular formula is C15H16N2O4. The highest BCUT2D eigenvalue weighted by molar-refractivity contribution is 6.07. The van der Waals surface area contributed by atoms with Gasteiger partial charge < -0.3 is 14.6 Å². The van der Waals surface area contributed by atoms with E-state index in [-0.39, 0.29) is 11.1 Å². The average Bonchev–Trinajstić information content (AvgIpc) is 2.49. The zero-order valence-electron chi connectivity index (χ0n) is 12.0. The number of hydrogen-bond acceptors (Lipinski definition) is 4. The van der Waals surface area contributed by atoms with Crippen LogP contribution in [0.2, 0.25) is 0 Å². The van der Waals surface area contributed by atoms with Gasteiger partial charge in [-0.2, -0.15) is 0 Å². The molecular weight excluding hydrogens is 272 g/mol. The van der Waals surface area contributed by atoms with E-state index in [4.69, 9.17) is 0 Å². The Balaban J connectivity index is 2.47. The van der Waals surface area contributed by atoms with Gasteiger partial charge in [-0.25, -0.2) is 4.79 Å². The molecule has 0 bridgehead atoms. The SMILES string of the molecule is COC(=O)C(C)NC(=O)c1cc(=O)n(C)c2ccccc12. The Kier molecular flexibility index (Phi) is 4.07. The maximum atomic E-state index is 12.3. The number of fused-ring (bicyclic) bond motifs is 1. The summed E-state index contributed by atoms with van der Waals surface area (Å²) in [6, 6.07) is 7.57. The van der Waals surface area contributed by atoms with E-state index in [9.17, 15) is 14.4 Å². The minimum Gasteiger partial charge on any atom is -0.467 e. The van der Waals surface area contributed by atoms with Crippen molar-refractivity contribution in [2.45, 2.75) is 13.0 Å². The number of nitrogens with one attached hydrogen (secondary N) is 1. The molecule has 6 nitrogen and oxygen atoms in total. The summed E-state index contributed by atoms with van der Waals surface area (Å²) < 4.78 is 6.03. The molecule has 21 heavy (non-hydrogen) atoms. The molecule has 1 unspecified atom stereocenters. The maximum Gasteiger partial charge on any atom is 0.328 e. The van der Waals surface area contributed by atoms with Crippen LogP contribution in [0.1, 0.15) is 17.3 Å². The monoisotopic (exact) mass is 288 g/mol. The first-order valence-electron chi connectivity index (χ1n) is 6.43. The van der Waals surface area contributed by atoms with Gasteiger partial charge in [-0.15, -0.1) is 0 Å². The second kappa shape index (κ2) is 5.78. The van der Waals surface area contributed by atoms with Crippen LogP contribution in [0, 0.1) is 0 Å². The molecule has 0 saturated carbocycles. The molecule has 0 fully saturated rings. The Morgan fingerprint density at radius 2 is 1.95 bits per heavy atom. The third-order valence-corrected chi connectivity index (χ3v) is 3.30. The molecule has 1 aromatic heterocycles.